The van der Waals surface area contributed by atoms with Gasteiger partial charge in [0.1, 0.15) is 0 Å². The highest BCUT2D eigenvalue weighted by Gasteiger charge is 2.40. The van der Waals surface area contributed by atoms with E-state index in [-0.39, 0.29) is 0 Å². The maximum Gasteiger partial charge on any atom is 0.158 e. The van der Waals surface area contributed by atoms with E-state index < -0.39 is 0 Å². The second-order valence-electron chi connectivity index (χ2n) is 5.87. The number of fused-ring (bicyclic) bond motifs is 1. The summed E-state index contributed by atoms with van der Waals surface area (Å²) in [7, 11) is 0. The van der Waals surface area contributed by atoms with Gasteiger partial charge in [-0.2, -0.15) is 0 Å². The Hall–Kier alpha value is -0.850. The van der Waals surface area contributed by atoms with Crippen LogP contribution < -0.4 is 0 Å². The van der Waals surface area contributed by atoms with Crippen LogP contribution in [0.2, 0.25) is 0 Å². The third-order valence-electron chi connectivity index (χ3n) is 4.70. The Morgan fingerprint density at radius 2 is 2.12 bits per heavy atom. The highest BCUT2D eigenvalue weighted by molar-refractivity contribution is 5.96. The number of Topliss-reactive ketones (excluding diaryl/α,β-unsaturated/α-hetero) is 1. The van der Waals surface area contributed by atoms with Crippen LogP contribution in [0.5, 0.6) is 0 Å². The van der Waals surface area contributed by atoms with Crippen LogP contribution in [0.25, 0.3) is 0 Å². The minimum atomic E-state index is 0.309. The summed E-state index contributed by atoms with van der Waals surface area (Å²) >= 11 is 0. The summed E-state index contributed by atoms with van der Waals surface area (Å²) in [4.78, 5) is 11.8. The molecule has 1 saturated carbocycles. The molecule has 2 aliphatic carbocycles. The maximum absolute atomic E-state index is 11.8. The average Bonchev–Trinajstić information content (AvgIpc) is 2.24. The summed E-state index contributed by atoms with van der Waals surface area (Å²) in [5.74, 6) is 0.971. The number of allylic oxidation sites excluding steroid dienone is 3. The first-order chi connectivity index (χ1) is 7.44. The van der Waals surface area contributed by atoms with Crippen LogP contribution >= 0.6 is 0 Å². The van der Waals surface area contributed by atoms with Crippen molar-refractivity contribution in [3.05, 3.63) is 23.3 Å². The van der Waals surface area contributed by atoms with Crippen molar-refractivity contribution in [1.29, 1.82) is 0 Å². The van der Waals surface area contributed by atoms with Gasteiger partial charge in [-0.1, -0.05) is 24.6 Å². The number of carbonyl (C=O) groups excluding carboxylic acids is 1. The van der Waals surface area contributed by atoms with E-state index in [2.05, 4.69) is 20.4 Å². The second kappa shape index (κ2) is 3.87. The quantitative estimate of drug-likeness (QED) is 0.607. The predicted molar refractivity (Wildman–Crippen MR) is 67.2 cm³/mol. The van der Waals surface area contributed by atoms with Crippen molar-refractivity contribution in [1.82, 2.24) is 0 Å². The Morgan fingerprint density at radius 1 is 1.44 bits per heavy atom. The van der Waals surface area contributed by atoms with E-state index in [9.17, 15) is 4.79 Å². The molecular formula is C15H22O. The van der Waals surface area contributed by atoms with Gasteiger partial charge in [0.15, 0.2) is 5.78 Å². The van der Waals surface area contributed by atoms with Crippen LogP contribution in [0.1, 0.15) is 52.9 Å². The molecule has 2 atom stereocenters. The van der Waals surface area contributed by atoms with Gasteiger partial charge >= 0.3 is 0 Å². The van der Waals surface area contributed by atoms with Crippen molar-refractivity contribution in [3.63, 3.8) is 0 Å². The van der Waals surface area contributed by atoms with Crippen LogP contribution in [0.3, 0.4) is 0 Å². The van der Waals surface area contributed by atoms with Gasteiger partial charge in [-0.05, 0) is 56.4 Å². The van der Waals surface area contributed by atoms with Gasteiger partial charge in [0.05, 0.1) is 0 Å². The van der Waals surface area contributed by atoms with E-state index in [4.69, 9.17) is 0 Å². The monoisotopic (exact) mass is 218 g/mol. The van der Waals surface area contributed by atoms with Gasteiger partial charge in [-0.25, -0.2) is 0 Å². The van der Waals surface area contributed by atoms with E-state index in [1.807, 2.05) is 6.92 Å². The van der Waals surface area contributed by atoms with Crippen LogP contribution in [0.4, 0.5) is 0 Å². The number of rotatable bonds is 1. The molecule has 0 aromatic rings. The lowest BCUT2D eigenvalue weighted by atomic mass is 9.61. The topological polar surface area (TPSA) is 17.1 Å². The van der Waals surface area contributed by atoms with Crippen LogP contribution in [0.15, 0.2) is 23.3 Å². The lowest BCUT2D eigenvalue weighted by molar-refractivity contribution is -0.117. The molecule has 16 heavy (non-hydrogen) atoms. The van der Waals surface area contributed by atoms with E-state index in [1.165, 1.54) is 24.0 Å². The lowest BCUT2D eigenvalue weighted by Gasteiger charge is -2.43. The van der Waals surface area contributed by atoms with Crippen LogP contribution in [-0.2, 0) is 4.79 Å². The van der Waals surface area contributed by atoms with Gasteiger partial charge in [0.2, 0.25) is 0 Å². The first kappa shape index (κ1) is 11.6. The normalized spacial score (nSPS) is 34.9. The molecule has 2 aliphatic rings. The summed E-state index contributed by atoms with van der Waals surface area (Å²) in [6, 6.07) is 0. The molecule has 0 unspecified atom stereocenters. The van der Waals surface area contributed by atoms with Gasteiger partial charge in [-0.3, -0.25) is 4.79 Å². The SMILES string of the molecule is C=C(C)[C@H]1CC[C@@]2(C)CCC(=O)C(C)=C2C1. The van der Waals surface area contributed by atoms with Crippen LogP contribution in [0, 0.1) is 11.3 Å². The zero-order chi connectivity index (χ0) is 11.9. The molecule has 1 heteroatoms. The largest absolute Gasteiger partial charge is 0.295 e. The van der Waals surface area contributed by atoms with E-state index in [0.29, 0.717) is 17.1 Å². The molecular weight excluding hydrogens is 196 g/mol. The number of carbonyl (C=O) groups is 1. The molecule has 0 aromatic heterocycles. The third kappa shape index (κ3) is 1.77. The van der Waals surface area contributed by atoms with Crippen molar-refractivity contribution in [2.24, 2.45) is 11.3 Å². The van der Waals surface area contributed by atoms with E-state index in [1.54, 1.807) is 0 Å². The summed E-state index contributed by atoms with van der Waals surface area (Å²) in [5.41, 5.74) is 4.08. The second-order valence-corrected chi connectivity index (χ2v) is 5.87. The molecule has 2 rings (SSSR count). The van der Waals surface area contributed by atoms with E-state index >= 15 is 0 Å². The van der Waals surface area contributed by atoms with Gasteiger partial charge in [0, 0.05) is 6.42 Å². The molecule has 0 aliphatic heterocycles. The lowest BCUT2D eigenvalue weighted by Crippen LogP contribution is -2.33. The van der Waals surface area contributed by atoms with Crippen molar-refractivity contribution < 1.29 is 4.79 Å². The zero-order valence-electron chi connectivity index (χ0n) is 10.7. The van der Waals surface area contributed by atoms with Crippen molar-refractivity contribution in [2.45, 2.75) is 52.9 Å². The Bertz CT molecular complexity index is 375. The zero-order valence-corrected chi connectivity index (χ0v) is 10.7. The maximum atomic E-state index is 11.8. The van der Waals surface area contributed by atoms with Gasteiger partial charge in [-0.15, -0.1) is 0 Å². The fraction of sp³-hybridized carbons (Fsp3) is 0.667. The standard InChI is InChI=1S/C15H22O/c1-10(2)12-5-7-15(4)8-6-14(16)11(3)13(15)9-12/h12H,1,5-9H2,2-4H3/t12-,15-/m0/s1. The molecule has 0 bridgehead atoms. The Balaban J connectivity index is 2.34. The molecule has 0 N–H and O–H groups in total. The highest BCUT2D eigenvalue weighted by Crippen LogP contribution is 2.51. The number of hydrogen-bond donors (Lipinski definition) is 0. The van der Waals surface area contributed by atoms with Gasteiger partial charge in [0.25, 0.3) is 0 Å². The minimum absolute atomic E-state index is 0.309. The summed E-state index contributed by atoms with van der Waals surface area (Å²) < 4.78 is 0. The molecule has 88 valence electrons. The van der Waals surface area contributed by atoms with Crippen molar-refractivity contribution >= 4 is 5.78 Å². The fourth-order valence-corrected chi connectivity index (χ4v) is 3.29. The molecule has 0 amide bonds. The molecule has 0 aromatic carbocycles. The molecule has 0 heterocycles. The first-order valence-electron chi connectivity index (χ1n) is 6.33. The molecule has 1 nitrogen and oxygen atoms in total. The Morgan fingerprint density at radius 3 is 2.75 bits per heavy atom. The summed E-state index contributed by atoms with van der Waals surface area (Å²) in [6.07, 6.45) is 5.36. The molecule has 0 saturated heterocycles. The molecule has 1 fully saturated rings. The van der Waals surface area contributed by atoms with Crippen molar-refractivity contribution in [2.75, 3.05) is 0 Å². The van der Waals surface area contributed by atoms with Crippen LogP contribution in [-0.4, -0.2) is 5.78 Å². The van der Waals surface area contributed by atoms with E-state index in [0.717, 1.165) is 24.8 Å². The number of ketones is 1. The molecule has 0 radical (unpaired) electrons. The summed E-state index contributed by atoms with van der Waals surface area (Å²) in [5, 5.41) is 0. The summed E-state index contributed by atoms with van der Waals surface area (Å²) in [6.45, 7) is 10.6. The highest BCUT2D eigenvalue weighted by atomic mass is 16.1. The van der Waals surface area contributed by atoms with Crippen molar-refractivity contribution in [3.8, 4) is 0 Å². The molecule has 0 spiro atoms. The number of hydrogen-bond acceptors (Lipinski definition) is 1. The minimum Gasteiger partial charge on any atom is -0.295 e. The average molecular weight is 218 g/mol. The fourth-order valence-electron chi connectivity index (χ4n) is 3.29. The Labute approximate surface area is 98.6 Å². The smallest absolute Gasteiger partial charge is 0.158 e. The third-order valence-corrected chi connectivity index (χ3v) is 4.70. The predicted octanol–water partition coefficient (Wildman–Crippen LogP) is 4.05. The first-order valence-corrected chi connectivity index (χ1v) is 6.33. The van der Waals surface area contributed by atoms with Gasteiger partial charge < -0.3 is 0 Å². The Kier molecular flexibility index (Phi) is 2.81.